The number of aliphatic imine (C=N–C) groups is 1. The van der Waals surface area contributed by atoms with E-state index in [2.05, 4.69) is 16.4 Å². The van der Waals surface area contributed by atoms with E-state index in [0.29, 0.717) is 5.73 Å². The fraction of sp³-hybridized carbons (Fsp3) is 0.294. The monoisotopic (exact) mass is 291 g/mol. The number of amides is 1. The summed E-state index contributed by atoms with van der Waals surface area (Å²) < 4.78 is 0. The predicted octanol–water partition coefficient (Wildman–Crippen LogP) is 1.90. The molecule has 1 fully saturated rings. The number of nitrogens with one attached hydrogen (secondary N) is 1. The van der Waals surface area contributed by atoms with E-state index in [9.17, 15) is 9.90 Å². The van der Waals surface area contributed by atoms with Gasteiger partial charge in [-0.1, -0.05) is 41.9 Å². The van der Waals surface area contributed by atoms with E-state index in [4.69, 9.17) is 0 Å². The molecule has 1 saturated carbocycles. The Labute approximate surface area is 129 Å². The fourth-order valence-corrected chi connectivity index (χ4v) is 3.19. The van der Waals surface area contributed by atoms with Gasteiger partial charge in [-0.2, -0.15) is 0 Å². The third kappa shape index (κ3) is 2.37. The van der Waals surface area contributed by atoms with Gasteiger partial charge in [-0.05, 0) is 30.4 Å². The number of aromatic hydroxyl groups is 1. The molecule has 0 bridgehead atoms. The highest BCUT2D eigenvalue weighted by Crippen LogP contribution is 2.50. The number of carbonyl (C=O) groups is 1. The second kappa shape index (κ2) is 5.16. The largest absolute Gasteiger partial charge is 0.508 e. The van der Waals surface area contributed by atoms with Gasteiger partial charge in [-0.15, -0.1) is 0 Å². The zero-order chi connectivity index (χ0) is 15.1. The van der Waals surface area contributed by atoms with Crippen LogP contribution in [0.5, 0.6) is 5.75 Å². The van der Waals surface area contributed by atoms with Crippen molar-refractivity contribution in [2.45, 2.75) is 24.8 Å². The number of hydrogen-bond acceptors (Lipinski definition) is 3. The van der Waals surface area contributed by atoms with Crippen LogP contribution in [0.4, 0.5) is 0 Å². The maximum Gasteiger partial charge on any atom is 0.237 e. The molecule has 1 radical (unpaired) electrons. The van der Waals surface area contributed by atoms with Gasteiger partial charge < -0.3 is 10.4 Å². The van der Waals surface area contributed by atoms with Crippen LogP contribution in [0.2, 0.25) is 0 Å². The van der Waals surface area contributed by atoms with Crippen LogP contribution in [0, 0.1) is 5.92 Å². The minimum atomic E-state index is -0.0702. The molecule has 1 heterocycles. The number of rotatable bonds is 2. The van der Waals surface area contributed by atoms with Gasteiger partial charge in [0.25, 0.3) is 0 Å². The number of carbonyl (C=O) groups excluding carboxylic acids is 1. The van der Waals surface area contributed by atoms with Gasteiger partial charge in [0, 0.05) is 5.92 Å². The van der Waals surface area contributed by atoms with E-state index in [-0.39, 0.29) is 29.5 Å². The highest BCUT2D eigenvalue weighted by Gasteiger charge is 2.45. The molecule has 3 aliphatic rings. The first kappa shape index (κ1) is 13.4. The molecule has 5 heteroatoms. The summed E-state index contributed by atoms with van der Waals surface area (Å²) in [5.74, 6) is 0.316. The number of phenols is 1. The van der Waals surface area contributed by atoms with E-state index in [1.165, 1.54) is 0 Å². The Morgan fingerprint density at radius 1 is 1.36 bits per heavy atom. The summed E-state index contributed by atoms with van der Waals surface area (Å²) in [5.41, 5.74) is 2.68. The number of para-hydroxylation sites is 1. The number of phenolic OH excluding ortho intramolecular Hbond substituents is 1. The van der Waals surface area contributed by atoms with E-state index < -0.39 is 0 Å². The maximum absolute atomic E-state index is 12.3. The third-order valence-electron chi connectivity index (χ3n) is 4.48. The van der Waals surface area contributed by atoms with Crippen molar-refractivity contribution in [3.63, 3.8) is 0 Å². The van der Waals surface area contributed by atoms with Gasteiger partial charge in [0.2, 0.25) is 13.2 Å². The minimum Gasteiger partial charge on any atom is -0.508 e. The Morgan fingerprint density at radius 3 is 3.05 bits per heavy atom. The summed E-state index contributed by atoms with van der Waals surface area (Å²) in [4.78, 5) is 16.9. The van der Waals surface area contributed by atoms with Crippen LogP contribution in [0.1, 0.15) is 24.3 Å². The fourth-order valence-electron chi connectivity index (χ4n) is 3.19. The molecule has 3 atom stereocenters. The first-order valence-electron chi connectivity index (χ1n) is 7.60. The average Bonchev–Trinajstić information content (AvgIpc) is 3.20. The van der Waals surface area contributed by atoms with E-state index >= 15 is 0 Å². The number of allylic oxidation sites excluding steroid dienone is 2. The maximum atomic E-state index is 12.3. The molecule has 4 rings (SSSR count). The molecule has 1 aliphatic heterocycles. The number of amidine groups is 1. The van der Waals surface area contributed by atoms with Gasteiger partial charge in [-0.3, -0.25) is 9.79 Å². The van der Waals surface area contributed by atoms with Crippen molar-refractivity contribution in [2.24, 2.45) is 10.9 Å². The van der Waals surface area contributed by atoms with Crippen LogP contribution in [0.3, 0.4) is 0 Å². The van der Waals surface area contributed by atoms with Crippen LogP contribution in [0.25, 0.3) is 0 Å². The highest BCUT2D eigenvalue weighted by molar-refractivity contribution is 6.82. The molecular weight excluding hydrogens is 275 g/mol. The molecule has 0 aromatic heterocycles. The lowest BCUT2D eigenvalue weighted by Gasteiger charge is -2.08. The summed E-state index contributed by atoms with van der Waals surface area (Å²) in [6, 6.07) is 7.40. The molecule has 1 aromatic rings. The number of benzene rings is 1. The van der Waals surface area contributed by atoms with Gasteiger partial charge in [0.15, 0.2) is 0 Å². The summed E-state index contributed by atoms with van der Waals surface area (Å²) in [6.45, 7) is 0. The normalized spacial score (nSPS) is 28.3. The SMILES string of the molecule is O=C(NC1=NC2CC=CC=C2[B]1)C1CC1c1ccccc1O. The Morgan fingerprint density at radius 2 is 2.23 bits per heavy atom. The molecule has 3 unspecified atom stereocenters. The minimum absolute atomic E-state index is 0.00420. The van der Waals surface area contributed by atoms with Crippen LogP contribution < -0.4 is 5.32 Å². The molecule has 0 saturated heterocycles. The summed E-state index contributed by atoms with van der Waals surface area (Å²) >= 11 is 0. The molecule has 22 heavy (non-hydrogen) atoms. The van der Waals surface area contributed by atoms with Crippen molar-refractivity contribution in [3.05, 3.63) is 53.5 Å². The topological polar surface area (TPSA) is 61.7 Å². The van der Waals surface area contributed by atoms with E-state index in [0.717, 1.165) is 23.9 Å². The van der Waals surface area contributed by atoms with Crippen LogP contribution >= 0.6 is 0 Å². The highest BCUT2D eigenvalue weighted by atomic mass is 16.3. The first-order valence-corrected chi connectivity index (χ1v) is 7.60. The number of hydrogen-bond donors (Lipinski definition) is 2. The second-order valence-electron chi connectivity index (χ2n) is 6.00. The van der Waals surface area contributed by atoms with Crippen LogP contribution in [0.15, 0.2) is 53.0 Å². The van der Waals surface area contributed by atoms with Crippen molar-refractivity contribution in [2.75, 3.05) is 0 Å². The van der Waals surface area contributed by atoms with Gasteiger partial charge in [-0.25, -0.2) is 0 Å². The molecule has 1 amide bonds. The lowest BCUT2D eigenvalue weighted by atomic mass is 9.66. The number of fused-ring (bicyclic) bond motifs is 1. The van der Waals surface area contributed by atoms with Gasteiger partial charge in [0.05, 0.1) is 11.8 Å². The quantitative estimate of drug-likeness (QED) is 0.817. The van der Waals surface area contributed by atoms with Crippen molar-refractivity contribution < 1.29 is 9.90 Å². The molecule has 109 valence electrons. The smallest absolute Gasteiger partial charge is 0.237 e. The molecule has 1 aromatic carbocycles. The van der Waals surface area contributed by atoms with Gasteiger partial charge in [0.1, 0.15) is 5.75 Å². The Hall–Kier alpha value is -2.30. The van der Waals surface area contributed by atoms with Crippen molar-refractivity contribution in [3.8, 4) is 5.75 Å². The summed E-state index contributed by atoms with van der Waals surface area (Å²) in [5, 5.41) is 12.8. The third-order valence-corrected chi connectivity index (χ3v) is 4.48. The standard InChI is InChI=1S/C17H16BN2O2/c21-15-8-4-1-5-10(15)11-9-12(11)16(22)20-17-18-13-6-2-3-7-14(13)19-17/h1-6,8,11-12,14,21H,7,9H2,(H,19,20,22). The number of nitrogens with zero attached hydrogens (tertiary/aromatic N) is 1. The molecule has 0 spiro atoms. The predicted molar refractivity (Wildman–Crippen MR) is 85.9 cm³/mol. The summed E-state index contributed by atoms with van der Waals surface area (Å²) in [7, 11) is 1.95. The average molecular weight is 291 g/mol. The van der Waals surface area contributed by atoms with Gasteiger partial charge >= 0.3 is 0 Å². The Balaban J connectivity index is 1.40. The summed E-state index contributed by atoms with van der Waals surface area (Å²) in [6.07, 6.45) is 7.83. The lowest BCUT2D eigenvalue weighted by molar-refractivity contribution is -0.120. The van der Waals surface area contributed by atoms with Crippen molar-refractivity contribution >= 4 is 18.9 Å². The van der Waals surface area contributed by atoms with E-state index in [1.807, 2.05) is 31.6 Å². The molecule has 2 aliphatic carbocycles. The first-order chi connectivity index (χ1) is 10.7. The lowest BCUT2D eigenvalue weighted by Crippen LogP contribution is -2.34. The molecule has 4 nitrogen and oxygen atoms in total. The van der Waals surface area contributed by atoms with Crippen LogP contribution in [-0.2, 0) is 4.79 Å². The van der Waals surface area contributed by atoms with Crippen LogP contribution in [-0.4, -0.2) is 30.1 Å². The van der Waals surface area contributed by atoms with Crippen molar-refractivity contribution in [1.82, 2.24) is 5.32 Å². The Bertz CT molecular complexity index is 723. The molecule has 2 N–H and O–H groups in total. The molecular formula is C17H16BN2O2. The van der Waals surface area contributed by atoms with Crippen molar-refractivity contribution in [1.29, 1.82) is 0 Å². The zero-order valence-electron chi connectivity index (χ0n) is 12.1. The van der Waals surface area contributed by atoms with E-state index in [1.54, 1.807) is 12.1 Å². The Kier molecular flexibility index (Phi) is 3.14. The zero-order valence-corrected chi connectivity index (χ0v) is 12.1. The second-order valence-corrected chi connectivity index (χ2v) is 6.00.